The van der Waals surface area contributed by atoms with Crippen molar-refractivity contribution in [2.45, 2.75) is 6.42 Å². The van der Waals surface area contributed by atoms with Gasteiger partial charge in [0.1, 0.15) is 6.61 Å². The Hall–Kier alpha value is -1.95. The van der Waals surface area contributed by atoms with Crippen molar-refractivity contribution in [1.29, 1.82) is 0 Å². The van der Waals surface area contributed by atoms with E-state index >= 15 is 0 Å². The first-order valence-corrected chi connectivity index (χ1v) is 4.71. The summed E-state index contributed by atoms with van der Waals surface area (Å²) in [5, 5.41) is 9.96. The van der Waals surface area contributed by atoms with Gasteiger partial charge in [-0.2, -0.15) is 4.89 Å². The van der Waals surface area contributed by atoms with Crippen LogP contribution in [0.4, 0.5) is 0 Å². The van der Waals surface area contributed by atoms with E-state index in [1.807, 2.05) is 0 Å². The zero-order chi connectivity index (χ0) is 11.8. The lowest BCUT2D eigenvalue weighted by molar-refractivity contribution is -0.482. The third-order valence-electron chi connectivity index (χ3n) is 1.71. The molecule has 0 bridgehead atoms. The first-order chi connectivity index (χ1) is 7.70. The molecule has 6 nitrogen and oxygen atoms in total. The zero-order valence-electron chi connectivity index (χ0n) is 8.50. The summed E-state index contributed by atoms with van der Waals surface area (Å²) in [6.45, 7) is -0.192. The van der Waals surface area contributed by atoms with Crippen LogP contribution in [0, 0.1) is 10.1 Å². The highest BCUT2D eigenvalue weighted by Gasteiger charge is 2.07. The molecular weight excluding hydrogens is 214 g/mol. The molecular formula is C10H11NO5. The van der Waals surface area contributed by atoms with E-state index in [4.69, 9.17) is 0 Å². The van der Waals surface area contributed by atoms with Crippen LogP contribution in [0.15, 0.2) is 30.3 Å². The maximum absolute atomic E-state index is 11.3. The lowest BCUT2D eigenvalue weighted by Gasteiger charge is -2.01. The second-order valence-electron chi connectivity index (χ2n) is 2.97. The molecule has 0 atom stereocenters. The molecule has 0 saturated heterocycles. The van der Waals surface area contributed by atoms with Crippen LogP contribution in [-0.4, -0.2) is 24.0 Å². The molecule has 0 aliphatic heterocycles. The number of hydrogen-bond donors (Lipinski definition) is 0. The molecule has 0 heterocycles. The third-order valence-corrected chi connectivity index (χ3v) is 1.71. The van der Waals surface area contributed by atoms with E-state index < -0.39 is 10.9 Å². The largest absolute Gasteiger partial charge is 0.373 e. The fourth-order valence-corrected chi connectivity index (χ4v) is 0.970. The van der Waals surface area contributed by atoms with Crippen LogP contribution in [0.1, 0.15) is 16.8 Å². The molecule has 0 spiro atoms. The number of carbonyl (C=O) groups is 1. The van der Waals surface area contributed by atoms with Crippen LogP contribution >= 0.6 is 0 Å². The molecule has 1 rings (SSSR count). The monoisotopic (exact) mass is 225 g/mol. The van der Waals surface area contributed by atoms with Crippen molar-refractivity contribution in [2.24, 2.45) is 0 Å². The highest BCUT2D eigenvalue weighted by atomic mass is 17.2. The molecule has 0 unspecified atom stereocenters. The summed E-state index contributed by atoms with van der Waals surface area (Å²) >= 11 is 0. The van der Waals surface area contributed by atoms with Crippen molar-refractivity contribution in [3.05, 3.63) is 46.0 Å². The number of nitro groups is 1. The molecule has 1 aromatic carbocycles. The summed E-state index contributed by atoms with van der Waals surface area (Å²) in [5.41, 5.74) is 0.372. The Morgan fingerprint density at radius 1 is 1.31 bits per heavy atom. The lowest BCUT2D eigenvalue weighted by Crippen LogP contribution is -2.09. The van der Waals surface area contributed by atoms with Crippen molar-refractivity contribution in [3.63, 3.8) is 0 Å². The fraction of sp³-hybridized carbons (Fsp3) is 0.300. The molecule has 0 saturated carbocycles. The van der Waals surface area contributed by atoms with Gasteiger partial charge in [-0.3, -0.25) is 15.0 Å². The van der Waals surface area contributed by atoms with Crippen molar-refractivity contribution in [2.75, 3.05) is 13.2 Å². The van der Waals surface area contributed by atoms with Crippen LogP contribution in [-0.2, 0) is 9.78 Å². The molecule has 0 aromatic heterocycles. The highest BCUT2D eigenvalue weighted by Crippen LogP contribution is 2.01. The van der Waals surface area contributed by atoms with Gasteiger partial charge >= 0.3 is 5.97 Å². The highest BCUT2D eigenvalue weighted by molar-refractivity contribution is 5.88. The topological polar surface area (TPSA) is 78.7 Å². The van der Waals surface area contributed by atoms with Gasteiger partial charge in [0.2, 0.25) is 6.54 Å². The van der Waals surface area contributed by atoms with Gasteiger partial charge < -0.3 is 0 Å². The minimum atomic E-state index is -0.610. The maximum atomic E-state index is 11.3. The minimum absolute atomic E-state index is 0.0134. The van der Waals surface area contributed by atoms with Crippen molar-refractivity contribution in [1.82, 2.24) is 0 Å². The van der Waals surface area contributed by atoms with Crippen LogP contribution < -0.4 is 0 Å². The van der Waals surface area contributed by atoms with E-state index in [0.29, 0.717) is 5.56 Å². The fourth-order valence-electron chi connectivity index (χ4n) is 0.970. The average Bonchev–Trinajstić information content (AvgIpc) is 2.29. The minimum Gasteiger partial charge on any atom is -0.293 e. The Kier molecular flexibility index (Phi) is 4.94. The van der Waals surface area contributed by atoms with Crippen molar-refractivity contribution in [3.8, 4) is 0 Å². The first kappa shape index (κ1) is 12.1. The van der Waals surface area contributed by atoms with Crippen LogP contribution in [0.3, 0.4) is 0 Å². The van der Waals surface area contributed by atoms with E-state index in [0.717, 1.165) is 0 Å². The van der Waals surface area contributed by atoms with Crippen molar-refractivity contribution >= 4 is 5.97 Å². The van der Waals surface area contributed by atoms with Crippen LogP contribution in [0.5, 0.6) is 0 Å². The second kappa shape index (κ2) is 6.52. The van der Waals surface area contributed by atoms with Gasteiger partial charge in [0, 0.05) is 11.3 Å². The molecule has 86 valence electrons. The predicted octanol–water partition coefficient (Wildman–Crippen LogP) is 1.44. The third kappa shape index (κ3) is 4.52. The predicted molar refractivity (Wildman–Crippen MR) is 54.3 cm³/mol. The molecule has 1 aromatic rings. The van der Waals surface area contributed by atoms with Gasteiger partial charge in [0.05, 0.1) is 5.56 Å². The van der Waals surface area contributed by atoms with E-state index in [1.54, 1.807) is 30.3 Å². The molecule has 0 fully saturated rings. The van der Waals surface area contributed by atoms with Gasteiger partial charge in [-0.05, 0) is 12.1 Å². The molecule has 0 amide bonds. The standard InChI is InChI=1S/C10H11NO5/c12-10(9-5-2-1-3-6-9)16-15-8-4-7-11(13)14/h1-3,5-6H,4,7-8H2. The van der Waals surface area contributed by atoms with Gasteiger partial charge in [0.15, 0.2) is 0 Å². The number of carbonyl (C=O) groups excluding carboxylic acids is 1. The molecule has 0 radical (unpaired) electrons. The second-order valence-corrected chi connectivity index (χ2v) is 2.97. The van der Waals surface area contributed by atoms with Gasteiger partial charge in [-0.15, -0.1) is 0 Å². The molecule has 16 heavy (non-hydrogen) atoms. The normalized spacial score (nSPS) is 9.75. The van der Waals surface area contributed by atoms with Crippen LogP contribution in [0.25, 0.3) is 0 Å². The summed E-state index contributed by atoms with van der Waals surface area (Å²) in [4.78, 5) is 29.8. The Bertz CT molecular complexity index is 351. The summed E-state index contributed by atoms with van der Waals surface area (Å²) in [6.07, 6.45) is 0.203. The number of benzene rings is 1. The van der Waals surface area contributed by atoms with Gasteiger partial charge in [-0.1, -0.05) is 18.2 Å². The Morgan fingerprint density at radius 3 is 2.62 bits per heavy atom. The SMILES string of the molecule is O=C(OOCCC[N+](=O)[O-])c1ccccc1. The molecule has 0 N–H and O–H groups in total. The summed E-state index contributed by atoms with van der Waals surface area (Å²) in [7, 11) is 0. The smallest absolute Gasteiger partial charge is 0.293 e. The Balaban J connectivity index is 2.19. The number of rotatable bonds is 6. The molecule has 6 heteroatoms. The summed E-state index contributed by atoms with van der Waals surface area (Å²) in [6, 6.07) is 8.34. The maximum Gasteiger partial charge on any atom is 0.373 e. The first-order valence-electron chi connectivity index (χ1n) is 4.71. The molecule has 0 aliphatic rings. The number of hydrogen-bond acceptors (Lipinski definition) is 5. The quantitative estimate of drug-likeness (QED) is 0.317. The van der Waals surface area contributed by atoms with E-state index in [-0.39, 0.29) is 19.6 Å². The average molecular weight is 225 g/mol. The summed E-state index contributed by atoms with van der Waals surface area (Å²) < 4.78 is 0. The Morgan fingerprint density at radius 2 is 2.00 bits per heavy atom. The van der Waals surface area contributed by atoms with Gasteiger partial charge in [0.25, 0.3) is 0 Å². The molecule has 0 aliphatic carbocycles. The lowest BCUT2D eigenvalue weighted by atomic mass is 10.2. The van der Waals surface area contributed by atoms with E-state index in [9.17, 15) is 14.9 Å². The van der Waals surface area contributed by atoms with E-state index in [1.165, 1.54) is 0 Å². The Labute approximate surface area is 91.9 Å². The number of nitrogens with zero attached hydrogens (tertiary/aromatic N) is 1. The zero-order valence-corrected chi connectivity index (χ0v) is 8.50. The van der Waals surface area contributed by atoms with Crippen molar-refractivity contribution < 1.29 is 19.5 Å². The van der Waals surface area contributed by atoms with E-state index in [2.05, 4.69) is 9.78 Å². The van der Waals surface area contributed by atoms with Crippen LogP contribution in [0.2, 0.25) is 0 Å². The summed E-state index contributed by atoms with van der Waals surface area (Å²) in [5.74, 6) is -0.610. The van der Waals surface area contributed by atoms with Gasteiger partial charge in [-0.25, -0.2) is 4.79 Å².